The Morgan fingerprint density at radius 3 is 2.71 bits per heavy atom. The van der Waals surface area contributed by atoms with E-state index >= 15 is 0 Å². The number of aromatic nitrogens is 1. The summed E-state index contributed by atoms with van der Waals surface area (Å²) in [5.41, 5.74) is 0.880. The van der Waals surface area contributed by atoms with Gasteiger partial charge in [-0.2, -0.15) is 0 Å². The zero-order valence-corrected chi connectivity index (χ0v) is 11.5. The van der Waals surface area contributed by atoms with Crippen molar-refractivity contribution in [2.45, 2.75) is 45.6 Å². The molecule has 0 aliphatic carbocycles. The van der Waals surface area contributed by atoms with Gasteiger partial charge >= 0.3 is 5.97 Å². The number of hydrogen-bond acceptors (Lipinski definition) is 4. The number of carbonyl (C=O) groups is 1. The summed E-state index contributed by atoms with van der Waals surface area (Å²) >= 11 is 1.59. The van der Waals surface area contributed by atoms with Gasteiger partial charge in [0.05, 0.1) is 12.1 Å². The van der Waals surface area contributed by atoms with E-state index in [4.69, 9.17) is 5.11 Å². The van der Waals surface area contributed by atoms with Crippen LogP contribution in [-0.2, 0) is 11.2 Å². The van der Waals surface area contributed by atoms with E-state index in [-0.39, 0.29) is 6.42 Å². The molecule has 0 saturated heterocycles. The number of nitrogens with zero attached hydrogens (tertiary/aromatic N) is 2. The molecule has 1 aromatic rings. The first-order chi connectivity index (χ1) is 8.08. The normalized spacial score (nSPS) is 10.8. The number of hydrogen-bond donors (Lipinski definition) is 1. The third-order valence-electron chi connectivity index (χ3n) is 2.93. The molecule has 96 valence electrons. The molecule has 0 fully saturated rings. The molecular weight excluding hydrogens is 236 g/mol. The molecule has 0 aromatic carbocycles. The number of aryl methyl sites for hydroxylation is 1. The Balaban J connectivity index is 2.63. The Morgan fingerprint density at radius 2 is 2.18 bits per heavy atom. The smallest absolute Gasteiger partial charge is 0.303 e. The van der Waals surface area contributed by atoms with Crippen molar-refractivity contribution in [2.75, 3.05) is 11.9 Å². The fourth-order valence-corrected chi connectivity index (χ4v) is 2.70. The molecule has 1 aromatic heterocycles. The maximum Gasteiger partial charge on any atom is 0.303 e. The lowest BCUT2D eigenvalue weighted by Gasteiger charge is -2.25. The second-order valence-corrected chi connectivity index (χ2v) is 4.93. The number of anilines is 1. The van der Waals surface area contributed by atoms with Crippen LogP contribution >= 0.6 is 11.3 Å². The van der Waals surface area contributed by atoms with Crippen LogP contribution in [0.1, 0.15) is 38.8 Å². The molecule has 0 bridgehead atoms. The number of thiazole rings is 1. The molecule has 0 radical (unpaired) electrons. The predicted molar refractivity (Wildman–Crippen MR) is 70.8 cm³/mol. The minimum absolute atomic E-state index is 0.151. The molecule has 0 aliphatic heterocycles. The van der Waals surface area contributed by atoms with Crippen molar-refractivity contribution in [3.05, 3.63) is 11.1 Å². The van der Waals surface area contributed by atoms with Crippen molar-refractivity contribution in [1.82, 2.24) is 4.98 Å². The molecule has 1 rings (SSSR count). The Morgan fingerprint density at radius 1 is 1.53 bits per heavy atom. The predicted octanol–water partition coefficient (Wildman–Crippen LogP) is 2.79. The maximum atomic E-state index is 10.5. The quantitative estimate of drug-likeness (QED) is 0.815. The summed E-state index contributed by atoms with van der Waals surface area (Å²) in [6.07, 6.45) is 2.86. The number of aliphatic carboxylic acids is 1. The van der Waals surface area contributed by atoms with Gasteiger partial charge in [-0.3, -0.25) is 4.79 Å². The molecule has 5 heteroatoms. The van der Waals surface area contributed by atoms with Crippen molar-refractivity contribution in [3.8, 4) is 0 Å². The molecule has 1 heterocycles. The summed E-state index contributed by atoms with van der Waals surface area (Å²) in [5, 5.41) is 11.6. The van der Waals surface area contributed by atoms with Crippen LogP contribution in [0.15, 0.2) is 5.38 Å². The highest BCUT2D eigenvalue weighted by Crippen LogP contribution is 2.23. The van der Waals surface area contributed by atoms with Gasteiger partial charge in [0.25, 0.3) is 0 Å². The van der Waals surface area contributed by atoms with E-state index in [2.05, 4.69) is 30.8 Å². The minimum Gasteiger partial charge on any atom is -0.481 e. The Hall–Kier alpha value is -1.10. The third kappa shape index (κ3) is 4.00. The van der Waals surface area contributed by atoms with Crippen molar-refractivity contribution < 1.29 is 9.90 Å². The molecular formula is C12H20N2O2S. The summed E-state index contributed by atoms with van der Waals surface area (Å²) in [5.74, 6) is -0.770. The first-order valence-corrected chi connectivity index (χ1v) is 6.85. The average molecular weight is 256 g/mol. The van der Waals surface area contributed by atoms with Gasteiger partial charge in [0, 0.05) is 24.9 Å². The van der Waals surface area contributed by atoms with E-state index in [1.807, 2.05) is 5.38 Å². The van der Waals surface area contributed by atoms with Gasteiger partial charge in [-0.1, -0.05) is 13.8 Å². The van der Waals surface area contributed by atoms with Crippen molar-refractivity contribution >= 4 is 22.4 Å². The van der Waals surface area contributed by atoms with Crippen LogP contribution in [0.4, 0.5) is 5.13 Å². The number of rotatable bonds is 7. The Bertz CT molecular complexity index is 361. The fourth-order valence-electron chi connectivity index (χ4n) is 1.80. The largest absolute Gasteiger partial charge is 0.481 e. The van der Waals surface area contributed by atoms with Gasteiger partial charge in [0.2, 0.25) is 0 Å². The van der Waals surface area contributed by atoms with Crippen molar-refractivity contribution in [2.24, 2.45) is 0 Å². The molecule has 0 saturated carbocycles. The Labute approximate surface area is 106 Å². The fraction of sp³-hybridized carbons (Fsp3) is 0.667. The second kappa shape index (κ2) is 6.59. The van der Waals surface area contributed by atoms with Crippen LogP contribution in [-0.4, -0.2) is 29.1 Å². The summed E-state index contributed by atoms with van der Waals surface area (Å²) in [4.78, 5) is 17.1. The van der Waals surface area contributed by atoms with Gasteiger partial charge < -0.3 is 10.0 Å². The number of carboxylic acids is 1. The van der Waals surface area contributed by atoms with E-state index in [0.717, 1.165) is 23.7 Å². The molecule has 0 aliphatic rings. The van der Waals surface area contributed by atoms with E-state index in [1.54, 1.807) is 11.3 Å². The minimum atomic E-state index is -0.770. The van der Waals surface area contributed by atoms with E-state index in [1.165, 1.54) is 0 Å². The monoisotopic (exact) mass is 256 g/mol. The zero-order chi connectivity index (χ0) is 12.8. The van der Waals surface area contributed by atoms with Crippen LogP contribution in [0.3, 0.4) is 0 Å². The maximum absolute atomic E-state index is 10.5. The van der Waals surface area contributed by atoms with E-state index < -0.39 is 5.97 Å². The van der Waals surface area contributed by atoms with E-state index in [0.29, 0.717) is 12.5 Å². The first-order valence-electron chi connectivity index (χ1n) is 5.97. The Kier molecular flexibility index (Phi) is 5.41. The topological polar surface area (TPSA) is 53.4 Å². The molecule has 0 amide bonds. The van der Waals surface area contributed by atoms with Gasteiger partial charge in [0.15, 0.2) is 5.13 Å². The zero-order valence-electron chi connectivity index (χ0n) is 10.6. The van der Waals surface area contributed by atoms with Crippen LogP contribution < -0.4 is 4.90 Å². The van der Waals surface area contributed by atoms with Gasteiger partial charge in [0.1, 0.15) is 0 Å². The van der Waals surface area contributed by atoms with Gasteiger partial charge in [-0.25, -0.2) is 4.98 Å². The van der Waals surface area contributed by atoms with Crippen molar-refractivity contribution in [1.29, 1.82) is 0 Å². The number of carboxylic acid groups (broad SMARTS) is 1. The lowest BCUT2D eigenvalue weighted by Crippen LogP contribution is -2.30. The second-order valence-electron chi connectivity index (χ2n) is 4.10. The standard InChI is InChI=1S/C12H20N2O2S/c1-4-10(5-2)14(3)12-13-9(8-17-12)6-7-11(15)16/h8,10H,4-7H2,1-3H3,(H,15,16). The molecule has 0 unspecified atom stereocenters. The first kappa shape index (κ1) is 14.0. The van der Waals surface area contributed by atoms with Crippen LogP contribution in [0, 0.1) is 0 Å². The highest BCUT2D eigenvalue weighted by Gasteiger charge is 2.14. The summed E-state index contributed by atoms with van der Waals surface area (Å²) in [7, 11) is 2.05. The van der Waals surface area contributed by atoms with Gasteiger partial charge in [-0.15, -0.1) is 11.3 Å². The van der Waals surface area contributed by atoms with Crippen LogP contribution in [0.5, 0.6) is 0 Å². The van der Waals surface area contributed by atoms with Gasteiger partial charge in [-0.05, 0) is 12.8 Å². The molecule has 0 spiro atoms. The average Bonchev–Trinajstić information content (AvgIpc) is 2.76. The van der Waals surface area contributed by atoms with E-state index in [9.17, 15) is 4.79 Å². The van der Waals surface area contributed by atoms with Crippen LogP contribution in [0.25, 0.3) is 0 Å². The summed E-state index contributed by atoms with van der Waals surface area (Å²) in [6, 6.07) is 0.508. The summed E-state index contributed by atoms with van der Waals surface area (Å²) in [6.45, 7) is 4.34. The lowest BCUT2D eigenvalue weighted by atomic mass is 10.1. The summed E-state index contributed by atoms with van der Waals surface area (Å²) < 4.78 is 0. The molecule has 17 heavy (non-hydrogen) atoms. The highest BCUT2D eigenvalue weighted by molar-refractivity contribution is 7.13. The van der Waals surface area contributed by atoms with Crippen molar-refractivity contribution in [3.63, 3.8) is 0 Å². The molecule has 4 nitrogen and oxygen atoms in total. The van der Waals surface area contributed by atoms with Crippen LogP contribution in [0.2, 0.25) is 0 Å². The molecule has 0 atom stereocenters. The third-order valence-corrected chi connectivity index (χ3v) is 3.91. The highest BCUT2D eigenvalue weighted by atomic mass is 32.1. The molecule has 1 N–H and O–H groups in total. The lowest BCUT2D eigenvalue weighted by molar-refractivity contribution is -0.136. The SMILES string of the molecule is CCC(CC)N(C)c1nc(CCC(=O)O)cs1.